The van der Waals surface area contributed by atoms with Gasteiger partial charge in [-0.2, -0.15) is 0 Å². The first-order valence-corrected chi connectivity index (χ1v) is 3.76. The summed E-state index contributed by atoms with van der Waals surface area (Å²) in [5, 5.41) is 1.80. The SMILES string of the molecule is Cc1ccnc(NN(C)C)c1N. The van der Waals surface area contributed by atoms with E-state index in [4.69, 9.17) is 5.73 Å². The number of nitrogen functional groups attached to an aromatic ring is 1. The molecular weight excluding hydrogens is 152 g/mol. The topological polar surface area (TPSA) is 54.2 Å². The number of rotatable bonds is 2. The van der Waals surface area contributed by atoms with Gasteiger partial charge in [-0.05, 0) is 18.6 Å². The number of pyridine rings is 1. The monoisotopic (exact) mass is 166 g/mol. The Labute approximate surface area is 72.4 Å². The molecule has 0 aromatic carbocycles. The Balaban J connectivity index is 2.92. The number of nitrogens with zero attached hydrogens (tertiary/aromatic N) is 2. The first-order chi connectivity index (χ1) is 5.61. The van der Waals surface area contributed by atoms with Crippen molar-refractivity contribution < 1.29 is 0 Å². The third kappa shape index (κ3) is 1.85. The molecule has 0 aliphatic heterocycles. The van der Waals surface area contributed by atoms with Gasteiger partial charge in [0.15, 0.2) is 5.82 Å². The van der Waals surface area contributed by atoms with Crippen LogP contribution in [0.5, 0.6) is 0 Å². The predicted octanol–water partition coefficient (Wildman–Crippen LogP) is 0.861. The molecule has 0 fully saturated rings. The third-order valence-corrected chi connectivity index (χ3v) is 1.54. The first-order valence-electron chi connectivity index (χ1n) is 3.76. The molecule has 1 heterocycles. The molecule has 0 unspecified atom stereocenters. The van der Waals surface area contributed by atoms with Crippen LogP contribution in [0, 0.1) is 6.92 Å². The molecule has 0 amide bonds. The Morgan fingerprint density at radius 3 is 2.75 bits per heavy atom. The van der Waals surface area contributed by atoms with Crippen LogP contribution >= 0.6 is 0 Å². The van der Waals surface area contributed by atoms with Gasteiger partial charge >= 0.3 is 0 Å². The molecule has 0 atom stereocenters. The Morgan fingerprint density at radius 1 is 1.50 bits per heavy atom. The lowest BCUT2D eigenvalue weighted by molar-refractivity contribution is 0.492. The summed E-state index contributed by atoms with van der Waals surface area (Å²) in [5.41, 5.74) is 10.5. The van der Waals surface area contributed by atoms with Crippen molar-refractivity contribution in [2.75, 3.05) is 25.3 Å². The molecule has 0 saturated carbocycles. The highest BCUT2D eigenvalue weighted by atomic mass is 15.5. The van der Waals surface area contributed by atoms with E-state index in [-0.39, 0.29) is 0 Å². The molecule has 1 rings (SSSR count). The van der Waals surface area contributed by atoms with Gasteiger partial charge < -0.3 is 11.2 Å². The quantitative estimate of drug-likeness (QED) is 0.640. The second-order valence-electron chi connectivity index (χ2n) is 2.90. The number of nitrogens with two attached hydrogens (primary N) is 1. The van der Waals surface area contributed by atoms with Crippen molar-refractivity contribution in [3.63, 3.8) is 0 Å². The van der Waals surface area contributed by atoms with Crippen molar-refractivity contribution in [3.05, 3.63) is 17.8 Å². The summed E-state index contributed by atoms with van der Waals surface area (Å²) in [6.45, 7) is 1.96. The summed E-state index contributed by atoms with van der Waals surface area (Å²) in [4.78, 5) is 4.10. The van der Waals surface area contributed by atoms with E-state index in [1.54, 1.807) is 11.2 Å². The number of anilines is 2. The Bertz CT molecular complexity index is 270. The number of hydrogen-bond donors (Lipinski definition) is 2. The average molecular weight is 166 g/mol. The van der Waals surface area contributed by atoms with Crippen molar-refractivity contribution in [1.29, 1.82) is 0 Å². The molecule has 3 N–H and O–H groups in total. The minimum atomic E-state index is 0.700. The van der Waals surface area contributed by atoms with E-state index in [0.29, 0.717) is 11.5 Å². The van der Waals surface area contributed by atoms with Crippen molar-refractivity contribution >= 4 is 11.5 Å². The van der Waals surface area contributed by atoms with Crippen molar-refractivity contribution in [2.45, 2.75) is 6.92 Å². The molecule has 66 valence electrons. The van der Waals surface area contributed by atoms with Crippen molar-refractivity contribution in [3.8, 4) is 0 Å². The van der Waals surface area contributed by atoms with Gasteiger partial charge in [-0.25, -0.2) is 9.99 Å². The molecule has 1 aromatic heterocycles. The number of aromatic nitrogens is 1. The molecule has 1 aromatic rings. The third-order valence-electron chi connectivity index (χ3n) is 1.54. The van der Waals surface area contributed by atoms with Gasteiger partial charge in [0.1, 0.15) is 0 Å². The maximum atomic E-state index is 5.78. The number of hydrazine groups is 1. The van der Waals surface area contributed by atoms with Crippen LogP contribution in [0.4, 0.5) is 11.5 Å². The van der Waals surface area contributed by atoms with Crippen LogP contribution in [0.3, 0.4) is 0 Å². The minimum Gasteiger partial charge on any atom is -0.395 e. The lowest BCUT2D eigenvalue weighted by Gasteiger charge is -2.14. The van der Waals surface area contributed by atoms with Gasteiger partial charge in [-0.3, -0.25) is 0 Å². The summed E-state index contributed by atoms with van der Waals surface area (Å²) < 4.78 is 0. The van der Waals surface area contributed by atoms with Crippen LogP contribution in [-0.2, 0) is 0 Å². The molecule has 0 spiro atoms. The molecule has 0 radical (unpaired) electrons. The van der Waals surface area contributed by atoms with E-state index in [1.165, 1.54) is 0 Å². The van der Waals surface area contributed by atoms with Crippen LogP contribution < -0.4 is 11.2 Å². The fraction of sp³-hybridized carbons (Fsp3) is 0.375. The van der Waals surface area contributed by atoms with Crippen molar-refractivity contribution in [2.24, 2.45) is 0 Å². The molecule has 0 bridgehead atoms. The van der Waals surface area contributed by atoms with Gasteiger partial charge in [0.25, 0.3) is 0 Å². The summed E-state index contributed by atoms with van der Waals surface area (Å²) in [6, 6.07) is 1.89. The highest BCUT2D eigenvalue weighted by molar-refractivity contribution is 5.64. The van der Waals surface area contributed by atoms with Crippen LogP contribution in [0.2, 0.25) is 0 Å². The van der Waals surface area contributed by atoms with E-state index in [1.807, 2.05) is 27.1 Å². The van der Waals surface area contributed by atoms with Gasteiger partial charge in [-0.1, -0.05) is 0 Å². The molecule has 12 heavy (non-hydrogen) atoms. The minimum absolute atomic E-state index is 0.700. The zero-order chi connectivity index (χ0) is 9.14. The zero-order valence-electron chi connectivity index (χ0n) is 7.63. The summed E-state index contributed by atoms with van der Waals surface area (Å²) in [7, 11) is 3.78. The number of aryl methyl sites for hydroxylation is 1. The van der Waals surface area contributed by atoms with Gasteiger partial charge in [0.2, 0.25) is 0 Å². The molecule has 4 nitrogen and oxygen atoms in total. The fourth-order valence-electron chi connectivity index (χ4n) is 0.871. The largest absolute Gasteiger partial charge is 0.395 e. The van der Waals surface area contributed by atoms with E-state index in [2.05, 4.69) is 10.4 Å². The lowest BCUT2D eigenvalue weighted by Crippen LogP contribution is -2.21. The number of hydrogen-bond acceptors (Lipinski definition) is 4. The van der Waals surface area contributed by atoms with Crippen LogP contribution in [0.1, 0.15) is 5.56 Å². The standard InChI is InChI=1S/C8H14N4/c1-6-4-5-10-8(7(6)9)11-12(2)3/h4-5H,9H2,1-3H3,(H,10,11). The predicted molar refractivity (Wildman–Crippen MR) is 50.7 cm³/mol. The van der Waals surface area contributed by atoms with E-state index in [0.717, 1.165) is 5.56 Å². The Kier molecular flexibility index (Phi) is 2.50. The van der Waals surface area contributed by atoms with Gasteiger partial charge in [0.05, 0.1) is 5.69 Å². The highest BCUT2D eigenvalue weighted by Gasteiger charge is 2.01. The first kappa shape index (κ1) is 8.80. The zero-order valence-corrected chi connectivity index (χ0v) is 7.63. The van der Waals surface area contributed by atoms with Crippen molar-refractivity contribution in [1.82, 2.24) is 9.99 Å². The molecule has 0 aliphatic carbocycles. The summed E-state index contributed by atoms with van der Waals surface area (Å²) >= 11 is 0. The maximum absolute atomic E-state index is 5.78. The number of nitrogens with one attached hydrogen (secondary N) is 1. The van der Waals surface area contributed by atoms with E-state index >= 15 is 0 Å². The second kappa shape index (κ2) is 3.40. The normalized spacial score (nSPS) is 10.3. The van der Waals surface area contributed by atoms with Gasteiger partial charge in [0, 0.05) is 20.3 Å². The lowest BCUT2D eigenvalue weighted by atomic mass is 10.2. The summed E-state index contributed by atoms with van der Waals surface area (Å²) in [5.74, 6) is 0.708. The summed E-state index contributed by atoms with van der Waals surface area (Å²) in [6.07, 6.45) is 1.73. The maximum Gasteiger partial charge on any atom is 0.163 e. The van der Waals surface area contributed by atoms with Crippen LogP contribution in [0.15, 0.2) is 12.3 Å². The highest BCUT2D eigenvalue weighted by Crippen LogP contribution is 2.18. The Hall–Kier alpha value is -1.29. The van der Waals surface area contributed by atoms with Crippen LogP contribution in [0.25, 0.3) is 0 Å². The van der Waals surface area contributed by atoms with Crippen LogP contribution in [-0.4, -0.2) is 24.1 Å². The smallest absolute Gasteiger partial charge is 0.163 e. The molecule has 4 heteroatoms. The fourth-order valence-corrected chi connectivity index (χ4v) is 0.871. The average Bonchev–Trinajstić information content (AvgIpc) is 1.98. The Morgan fingerprint density at radius 2 is 2.17 bits per heavy atom. The van der Waals surface area contributed by atoms with Gasteiger partial charge in [-0.15, -0.1) is 0 Å². The molecule has 0 saturated heterocycles. The second-order valence-corrected chi connectivity index (χ2v) is 2.90. The molecule has 0 aliphatic rings. The molecular formula is C8H14N4. The van der Waals surface area contributed by atoms with E-state index in [9.17, 15) is 0 Å². The van der Waals surface area contributed by atoms with E-state index < -0.39 is 0 Å².